The number of nitrogen functional groups attached to an aromatic ring is 1. The van der Waals surface area contributed by atoms with E-state index in [1.165, 1.54) is 4.90 Å². The van der Waals surface area contributed by atoms with Crippen molar-refractivity contribution in [1.82, 2.24) is 4.90 Å². The van der Waals surface area contributed by atoms with Crippen molar-refractivity contribution in [3.63, 3.8) is 0 Å². The Morgan fingerprint density at radius 3 is 2.83 bits per heavy atom. The summed E-state index contributed by atoms with van der Waals surface area (Å²) in [5, 5.41) is 8.75. The monoisotopic (exact) mass is 246 g/mol. The van der Waals surface area contributed by atoms with Gasteiger partial charge in [0.25, 0.3) is 5.91 Å². The fourth-order valence-corrected chi connectivity index (χ4v) is 1.70. The SMILES string of the molecule is Cc1ccc(C(=O)N(C)CC(C)C#N)c(NN)c1. The second kappa shape index (κ2) is 6.03. The number of nitrogens with one attached hydrogen (secondary N) is 1. The lowest BCUT2D eigenvalue weighted by atomic mass is 10.1. The number of hydrogen-bond acceptors (Lipinski definition) is 4. The van der Waals surface area contributed by atoms with Crippen LogP contribution in [0.5, 0.6) is 0 Å². The lowest BCUT2D eigenvalue weighted by Crippen LogP contribution is -2.31. The zero-order valence-corrected chi connectivity index (χ0v) is 10.9. The molecule has 96 valence electrons. The summed E-state index contributed by atoms with van der Waals surface area (Å²) in [5.41, 5.74) is 4.65. The van der Waals surface area contributed by atoms with Gasteiger partial charge in [-0.15, -0.1) is 0 Å². The Hall–Kier alpha value is -2.06. The molecule has 1 amide bonds. The lowest BCUT2D eigenvalue weighted by Gasteiger charge is -2.20. The number of hydrazine groups is 1. The predicted molar refractivity (Wildman–Crippen MR) is 70.7 cm³/mol. The Labute approximate surface area is 107 Å². The van der Waals surface area contributed by atoms with Crippen LogP contribution in [-0.2, 0) is 0 Å². The molecule has 0 heterocycles. The molecule has 0 aliphatic carbocycles. The van der Waals surface area contributed by atoms with E-state index in [0.29, 0.717) is 17.8 Å². The first kappa shape index (κ1) is 14.0. The molecule has 0 aliphatic heterocycles. The number of amides is 1. The predicted octanol–water partition coefficient (Wildman–Crippen LogP) is 1.51. The molecule has 0 aromatic heterocycles. The minimum atomic E-state index is -0.196. The van der Waals surface area contributed by atoms with E-state index in [2.05, 4.69) is 11.5 Å². The molecule has 0 aliphatic rings. The van der Waals surface area contributed by atoms with Gasteiger partial charge in [-0.1, -0.05) is 6.07 Å². The van der Waals surface area contributed by atoms with Crippen LogP contribution in [0.4, 0.5) is 5.69 Å². The number of rotatable bonds is 4. The number of nitrogens with two attached hydrogens (primary N) is 1. The number of nitriles is 1. The zero-order chi connectivity index (χ0) is 13.7. The first-order chi connectivity index (χ1) is 8.49. The number of nitrogens with zero attached hydrogens (tertiary/aromatic N) is 2. The standard InChI is InChI=1S/C13H18N4O/c1-9-4-5-11(12(6-9)16-15)13(18)17(3)8-10(2)7-14/h4-6,10,16H,8,15H2,1-3H3. The van der Waals surface area contributed by atoms with Crippen molar-refractivity contribution in [2.24, 2.45) is 11.8 Å². The average molecular weight is 246 g/mol. The Bertz CT molecular complexity index is 478. The topological polar surface area (TPSA) is 82.2 Å². The Morgan fingerprint density at radius 2 is 2.28 bits per heavy atom. The molecule has 0 spiro atoms. The first-order valence-corrected chi connectivity index (χ1v) is 5.72. The van der Waals surface area contributed by atoms with Gasteiger partial charge >= 0.3 is 0 Å². The van der Waals surface area contributed by atoms with Gasteiger partial charge in [0.15, 0.2) is 0 Å². The molecule has 1 aromatic rings. The third kappa shape index (κ3) is 3.22. The first-order valence-electron chi connectivity index (χ1n) is 5.72. The average Bonchev–Trinajstić information content (AvgIpc) is 2.37. The van der Waals surface area contributed by atoms with E-state index in [0.717, 1.165) is 5.56 Å². The van der Waals surface area contributed by atoms with E-state index >= 15 is 0 Å². The summed E-state index contributed by atoms with van der Waals surface area (Å²) in [4.78, 5) is 13.7. The maximum absolute atomic E-state index is 12.2. The van der Waals surface area contributed by atoms with Crippen molar-refractivity contribution in [3.8, 4) is 6.07 Å². The van der Waals surface area contributed by atoms with E-state index < -0.39 is 0 Å². The molecule has 18 heavy (non-hydrogen) atoms. The highest BCUT2D eigenvalue weighted by atomic mass is 16.2. The molecule has 5 heteroatoms. The Balaban J connectivity index is 2.93. The minimum absolute atomic E-state index is 0.148. The van der Waals surface area contributed by atoms with Crippen LogP contribution >= 0.6 is 0 Å². The minimum Gasteiger partial charge on any atom is -0.340 e. The molecule has 0 saturated carbocycles. The van der Waals surface area contributed by atoms with Crippen LogP contribution in [0, 0.1) is 24.2 Å². The van der Waals surface area contributed by atoms with Crippen LogP contribution in [0.25, 0.3) is 0 Å². The van der Waals surface area contributed by atoms with Gasteiger partial charge in [0, 0.05) is 13.6 Å². The lowest BCUT2D eigenvalue weighted by molar-refractivity contribution is 0.0786. The summed E-state index contributed by atoms with van der Waals surface area (Å²) in [5.74, 6) is 5.07. The normalized spacial score (nSPS) is 11.5. The fraction of sp³-hybridized carbons (Fsp3) is 0.385. The molecule has 3 N–H and O–H groups in total. The summed E-state index contributed by atoms with van der Waals surface area (Å²) < 4.78 is 0. The number of anilines is 1. The molecule has 1 atom stereocenters. The van der Waals surface area contributed by atoms with Crippen molar-refractivity contribution in [2.75, 3.05) is 19.0 Å². The Morgan fingerprint density at radius 1 is 1.61 bits per heavy atom. The van der Waals surface area contributed by atoms with Crippen molar-refractivity contribution in [1.29, 1.82) is 5.26 Å². The largest absolute Gasteiger partial charge is 0.340 e. The summed E-state index contributed by atoms with van der Waals surface area (Å²) >= 11 is 0. The molecule has 1 aromatic carbocycles. The van der Waals surface area contributed by atoms with Crippen LogP contribution in [0.15, 0.2) is 18.2 Å². The third-order valence-corrected chi connectivity index (χ3v) is 2.68. The maximum atomic E-state index is 12.2. The summed E-state index contributed by atoms with van der Waals surface area (Å²) in [6, 6.07) is 7.51. The van der Waals surface area contributed by atoms with E-state index in [1.54, 1.807) is 20.0 Å². The van der Waals surface area contributed by atoms with E-state index in [9.17, 15) is 4.79 Å². The summed E-state index contributed by atoms with van der Waals surface area (Å²) in [6.45, 7) is 4.10. The van der Waals surface area contributed by atoms with Crippen LogP contribution in [0.1, 0.15) is 22.8 Å². The second-order valence-electron chi connectivity index (χ2n) is 4.41. The second-order valence-corrected chi connectivity index (χ2v) is 4.41. The van der Waals surface area contributed by atoms with Gasteiger partial charge in [-0.25, -0.2) is 0 Å². The maximum Gasteiger partial charge on any atom is 0.255 e. The number of benzene rings is 1. The number of carbonyl (C=O) groups excluding carboxylic acids is 1. The highest BCUT2D eigenvalue weighted by molar-refractivity contribution is 5.99. The smallest absolute Gasteiger partial charge is 0.255 e. The molecule has 0 bridgehead atoms. The van der Waals surface area contributed by atoms with E-state index in [-0.39, 0.29) is 11.8 Å². The molecule has 5 nitrogen and oxygen atoms in total. The van der Waals surface area contributed by atoms with E-state index in [4.69, 9.17) is 11.1 Å². The number of hydrogen-bond donors (Lipinski definition) is 2. The van der Waals surface area contributed by atoms with Gasteiger partial charge in [0.05, 0.1) is 23.2 Å². The van der Waals surface area contributed by atoms with Crippen LogP contribution in [0.3, 0.4) is 0 Å². The van der Waals surface area contributed by atoms with E-state index in [1.807, 2.05) is 19.1 Å². The summed E-state index contributed by atoms with van der Waals surface area (Å²) in [7, 11) is 1.68. The highest BCUT2D eigenvalue weighted by Gasteiger charge is 2.17. The van der Waals surface area contributed by atoms with Crippen molar-refractivity contribution in [2.45, 2.75) is 13.8 Å². The molecule has 0 fully saturated rings. The zero-order valence-electron chi connectivity index (χ0n) is 10.9. The fourth-order valence-electron chi connectivity index (χ4n) is 1.70. The van der Waals surface area contributed by atoms with Gasteiger partial charge in [0.1, 0.15) is 0 Å². The van der Waals surface area contributed by atoms with Gasteiger partial charge in [0.2, 0.25) is 0 Å². The van der Waals surface area contributed by atoms with Gasteiger partial charge < -0.3 is 10.3 Å². The summed E-state index contributed by atoms with van der Waals surface area (Å²) in [6.07, 6.45) is 0. The van der Waals surface area contributed by atoms with Gasteiger partial charge in [-0.3, -0.25) is 10.6 Å². The number of carbonyl (C=O) groups is 1. The number of aryl methyl sites for hydroxylation is 1. The molecular formula is C13H18N4O. The quantitative estimate of drug-likeness (QED) is 0.623. The third-order valence-electron chi connectivity index (χ3n) is 2.68. The van der Waals surface area contributed by atoms with Crippen molar-refractivity contribution in [3.05, 3.63) is 29.3 Å². The van der Waals surface area contributed by atoms with Crippen LogP contribution in [0.2, 0.25) is 0 Å². The van der Waals surface area contributed by atoms with Crippen molar-refractivity contribution >= 4 is 11.6 Å². The van der Waals surface area contributed by atoms with Gasteiger partial charge in [-0.2, -0.15) is 5.26 Å². The van der Waals surface area contributed by atoms with Gasteiger partial charge in [-0.05, 0) is 31.5 Å². The highest BCUT2D eigenvalue weighted by Crippen LogP contribution is 2.18. The molecule has 1 rings (SSSR count). The molecule has 0 radical (unpaired) electrons. The molecular weight excluding hydrogens is 228 g/mol. The van der Waals surface area contributed by atoms with Crippen LogP contribution < -0.4 is 11.3 Å². The van der Waals surface area contributed by atoms with Crippen molar-refractivity contribution < 1.29 is 4.79 Å². The Kier molecular flexibility index (Phi) is 4.69. The van der Waals surface area contributed by atoms with Crippen LogP contribution in [-0.4, -0.2) is 24.4 Å². The molecule has 1 unspecified atom stereocenters. The molecule has 0 saturated heterocycles.